The van der Waals surface area contributed by atoms with Gasteiger partial charge in [-0.3, -0.25) is 9.59 Å². The quantitative estimate of drug-likeness (QED) is 0.802. The van der Waals surface area contributed by atoms with Crippen LogP contribution in [0.5, 0.6) is 0 Å². The van der Waals surface area contributed by atoms with Crippen LogP contribution in [0.3, 0.4) is 0 Å². The minimum absolute atomic E-state index is 0.138. The number of hydrogen-bond donors (Lipinski definition) is 2. The standard InChI is InChI=1S/C18H21F2N3O2/c1-18(17(25)22-10-9-21,12-5-3-2-4-6-12)23-16(24)14-11-13(19)7-8-15(14)20/h7-8,11-12H,2-6,10H2,1H3,(H,22,25)(H,23,24). The molecular weight excluding hydrogens is 328 g/mol. The van der Waals surface area contributed by atoms with Crippen molar-refractivity contribution in [3.8, 4) is 6.07 Å². The van der Waals surface area contributed by atoms with Gasteiger partial charge < -0.3 is 10.6 Å². The second-order valence-corrected chi connectivity index (χ2v) is 6.46. The summed E-state index contributed by atoms with van der Waals surface area (Å²) in [6.07, 6.45) is 4.38. The van der Waals surface area contributed by atoms with Crippen LogP contribution in [-0.2, 0) is 4.79 Å². The van der Waals surface area contributed by atoms with Crippen molar-refractivity contribution in [2.75, 3.05) is 6.54 Å². The van der Waals surface area contributed by atoms with Gasteiger partial charge in [-0.05, 0) is 43.9 Å². The molecule has 7 heteroatoms. The Morgan fingerprint density at radius 3 is 2.60 bits per heavy atom. The van der Waals surface area contributed by atoms with E-state index in [9.17, 15) is 18.4 Å². The molecule has 2 N–H and O–H groups in total. The third-order valence-corrected chi connectivity index (χ3v) is 4.77. The number of rotatable bonds is 5. The Hall–Kier alpha value is -2.49. The summed E-state index contributed by atoms with van der Waals surface area (Å²) in [6, 6.07) is 4.42. The molecule has 25 heavy (non-hydrogen) atoms. The van der Waals surface area contributed by atoms with Crippen molar-refractivity contribution in [1.82, 2.24) is 10.6 Å². The van der Waals surface area contributed by atoms with Gasteiger partial charge in [0.2, 0.25) is 5.91 Å². The molecule has 0 heterocycles. The molecule has 134 valence electrons. The molecule has 1 aromatic rings. The molecule has 2 amide bonds. The molecule has 1 aliphatic rings. The number of carbonyl (C=O) groups is 2. The van der Waals surface area contributed by atoms with Crippen molar-refractivity contribution in [2.45, 2.75) is 44.6 Å². The third kappa shape index (κ3) is 4.32. The van der Waals surface area contributed by atoms with Crippen LogP contribution in [-0.4, -0.2) is 23.9 Å². The number of benzene rings is 1. The Bertz CT molecular complexity index is 696. The van der Waals surface area contributed by atoms with E-state index in [1.54, 1.807) is 6.92 Å². The van der Waals surface area contributed by atoms with Crippen molar-refractivity contribution >= 4 is 11.8 Å². The zero-order valence-corrected chi connectivity index (χ0v) is 14.1. The van der Waals surface area contributed by atoms with E-state index in [4.69, 9.17) is 5.26 Å². The predicted molar refractivity (Wildman–Crippen MR) is 87.4 cm³/mol. The smallest absolute Gasteiger partial charge is 0.255 e. The van der Waals surface area contributed by atoms with Gasteiger partial charge in [0, 0.05) is 0 Å². The normalized spacial score (nSPS) is 17.2. The topological polar surface area (TPSA) is 82.0 Å². The highest BCUT2D eigenvalue weighted by atomic mass is 19.1. The first-order chi connectivity index (χ1) is 11.9. The number of hydrogen-bond acceptors (Lipinski definition) is 3. The zero-order valence-electron chi connectivity index (χ0n) is 14.1. The fraction of sp³-hybridized carbons (Fsp3) is 0.500. The predicted octanol–water partition coefficient (Wildman–Crippen LogP) is 2.67. The second kappa shape index (κ2) is 8.06. The Balaban J connectivity index is 2.28. The average Bonchev–Trinajstić information content (AvgIpc) is 2.62. The molecule has 0 aliphatic heterocycles. The van der Waals surface area contributed by atoms with Crippen LogP contribution in [0.4, 0.5) is 8.78 Å². The highest BCUT2D eigenvalue weighted by Crippen LogP contribution is 2.33. The molecule has 1 fully saturated rings. The van der Waals surface area contributed by atoms with Crippen molar-refractivity contribution < 1.29 is 18.4 Å². The SMILES string of the molecule is CC(NC(=O)c1cc(F)ccc1F)(C(=O)NCC#N)C1CCCCC1. The first-order valence-electron chi connectivity index (χ1n) is 8.31. The van der Waals surface area contributed by atoms with E-state index in [-0.39, 0.29) is 12.5 Å². The zero-order chi connectivity index (χ0) is 18.4. The number of amides is 2. The molecule has 2 rings (SSSR count). The lowest BCUT2D eigenvalue weighted by molar-refractivity contribution is -0.129. The van der Waals surface area contributed by atoms with Gasteiger partial charge in [0.25, 0.3) is 5.91 Å². The first-order valence-corrected chi connectivity index (χ1v) is 8.31. The largest absolute Gasteiger partial charge is 0.341 e. The molecule has 5 nitrogen and oxygen atoms in total. The lowest BCUT2D eigenvalue weighted by atomic mass is 9.75. The molecule has 0 spiro atoms. The Labute approximate surface area is 145 Å². The number of nitriles is 1. The van der Waals surface area contributed by atoms with E-state index in [2.05, 4.69) is 10.6 Å². The fourth-order valence-corrected chi connectivity index (χ4v) is 3.30. The summed E-state index contributed by atoms with van der Waals surface area (Å²) in [5.41, 5.74) is -1.75. The van der Waals surface area contributed by atoms with Gasteiger partial charge in [-0.25, -0.2) is 8.78 Å². The summed E-state index contributed by atoms with van der Waals surface area (Å²) >= 11 is 0. The van der Waals surface area contributed by atoms with Gasteiger partial charge >= 0.3 is 0 Å². The summed E-state index contributed by atoms with van der Waals surface area (Å²) in [6.45, 7) is 1.39. The fourth-order valence-electron chi connectivity index (χ4n) is 3.30. The average molecular weight is 349 g/mol. The van der Waals surface area contributed by atoms with Crippen molar-refractivity contribution in [3.63, 3.8) is 0 Å². The van der Waals surface area contributed by atoms with Gasteiger partial charge in [0.05, 0.1) is 11.6 Å². The molecule has 1 saturated carbocycles. The Kier molecular flexibility index (Phi) is 6.07. The summed E-state index contributed by atoms with van der Waals surface area (Å²) in [5.74, 6) is -3.08. The van der Waals surface area contributed by atoms with Crippen LogP contribution < -0.4 is 10.6 Å². The van der Waals surface area contributed by atoms with E-state index in [0.717, 1.165) is 50.3 Å². The maximum atomic E-state index is 13.9. The first kappa shape index (κ1) is 18.8. The molecule has 0 bridgehead atoms. The van der Waals surface area contributed by atoms with Gasteiger partial charge in [-0.2, -0.15) is 5.26 Å². The lowest BCUT2D eigenvalue weighted by Gasteiger charge is -2.39. The van der Waals surface area contributed by atoms with Crippen LogP contribution in [0.15, 0.2) is 18.2 Å². The number of halogens is 2. The van der Waals surface area contributed by atoms with E-state index in [0.29, 0.717) is 0 Å². The Morgan fingerprint density at radius 1 is 1.28 bits per heavy atom. The minimum atomic E-state index is -1.30. The monoisotopic (exact) mass is 349 g/mol. The van der Waals surface area contributed by atoms with Gasteiger partial charge in [-0.15, -0.1) is 0 Å². The molecule has 1 aromatic carbocycles. The van der Waals surface area contributed by atoms with E-state index in [1.165, 1.54) is 0 Å². The number of nitrogens with zero attached hydrogens (tertiary/aromatic N) is 1. The number of nitrogens with one attached hydrogen (secondary N) is 2. The van der Waals surface area contributed by atoms with E-state index in [1.807, 2.05) is 6.07 Å². The van der Waals surface area contributed by atoms with Gasteiger partial charge in [0.15, 0.2) is 0 Å². The summed E-state index contributed by atoms with van der Waals surface area (Å²) in [4.78, 5) is 25.1. The molecule has 0 aromatic heterocycles. The van der Waals surface area contributed by atoms with Crippen molar-refractivity contribution in [2.24, 2.45) is 5.92 Å². The number of carbonyl (C=O) groups excluding carboxylic acids is 2. The van der Waals surface area contributed by atoms with Gasteiger partial charge in [-0.1, -0.05) is 19.3 Å². The minimum Gasteiger partial charge on any atom is -0.341 e. The van der Waals surface area contributed by atoms with Crippen LogP contribution in [0, 0.1) is 28.9 Å². The van der Waals surface area contributed by atoms with Crippen LogP contribution >= 0.6 is 0 Å². The second-order valence-electron chi connectivity index (χ2n) is 6.46. The molecule has 1 aliphatic carbocycles. The summed E-state index contributed by atoms with van der Waals surface area (Å²) < 4.78 is 27.2. The summed E-state index contributed by atoms with van der Waals surface area (Å²) in [5, 5.41) is 13.7. The summed E-state index contributed by atoms with van der Waals surface area (Å²) in [7, 11) is 0. The maximum Gasteiger partial charge on any atom is 0.255 e. The van der Waals surface area contributed by atoms with Crippen LogP contribution in [0.1, 0.15) is 49.4 Å². The highest BCUT2D eigenvalue weighted by molar-refractivity contribution is 5.99. The maximum absolute atomic E-state index is 13.9. The molecule has 0 radical (unpaired) electrons. The van der Waals surface area contributed by atoms with Crippen molar-refractivity contribution in [1.29, 1.82) is 5.26 Å². The van der Waals surface area contributed by atoms with E-state index >= 15 is 0 Å². The van der Waals surface area contributed by atoms with Crippen molar-refractivity contribution in [3.05, 3.63) is 35.4 Å². The van der Waals surface area contributed by atoms with Crippen LogP contribution in [0.2, 0.25) is 0 Å². The third-order valence-electron chi connectivity index (χ3n) is 4.77. The molecule has 1 atom stereocenters. The Morgan fingerprint density at radius 2 is 1.96 bits per heavy atom. The highest BCUT2D eigenvalue weighted by Gasteiger charge is 2.43. The van der Waals surface area contributed by atoms with Crippen LogP contribution in [0.25, 0.3) is 0 Å². The lowest BCUT2D eigenvalue weighted by Crippen LogP contribution is -2.61. The van der Waals surface area contributed by atoms with Gasteiger partial charge in [0.1, 0.15) is 23.7 Å². The molecule has 1 unspecified atom stereocenters. The van der Waals surface area contributed by atoms with E-state index < -0.39 is 34.6 Å². The molecular formula is C18H21F2N3O2. The molecule has 0 saturated heterocycles.